The van der Waals surface area contributed by atoms with Gasteiger partial charge in [0, 0.05) is 5.02 Å². The van der Waals surface area contributed by atoms with E-state index in [1.54, 1.807) is 17.0 Å². The summed E-state index contributed by atoms with van der Waals surface area (Å²) in [7, 11) is 0. The van der Waals surface area contributed by atoms with Gasteiger partial charge in [0.1, 0.15) is 0 Å². The van der Waals surface area contributed by atoms with E-state index in [1.165, 1.54) is 11.3 Å². The molecule has 0 fully saturated rings. The molecule has 1 amide bonds. The Morgan fingerprint density at radius 2 is 1.68 bits per heavy atom. The van der Waals surface area contributed by atoms with Gasteiger partial charge in [-0.15, -0.1) is 0 Å². The predicted molar refractivity (Wildman–Crippen MR) is 118 cm³/mol. The van der Waals surface area contributed by atoms with Crippen molar-refractivity contribution in [2.45, 2.75) is 13.5 Å². The summed E-state index contributed by atoms with van der Waals surface area (Å²) in [6.45, 7) is 2.34. The minimum atomic E-state index is -0.183. The number of aromatic nitrogens is 1. The van der Waals surface area contributed by atoms with E-state index in [-0.39, 0.29) is 5.91 Å². The van der Waals surface area contributed by atoms with E-state index in [2.05, 4.69) is 0 Å². The fourth-order valence-electron chi connectivity index (χ4n) is 2.98. The van der Waals surface area contributed by atoms with Crippen molar-refractivity contribution < 1.29 is 4.79 Å². The Bertz CT molecular complexity index is 1160. The van der Waals surface area contributed by atoms with Gasteiger partial charge >= 0.3 is 0 Å². The molecule has 1 heterocycles. The van der Waals surface area contributed by atoms with E-state index < -0.39 is 0 Å². The second kappa shape index (κ2) is 7.92. The lowest BCUT2D eigenvalue weighted by Gasteiger charge is -2.20. The summed E-state index contributed by atoms with van der Waals surface area (Å²) >= 11 is 14.0. The lowest BCUT2D eigenvalue weighted by molar-refractivity contribution is 0.0985. The number of benzene rings is 3. The van der Waals surface area contributed by atoms with Crippen LogP contribution in [0.25, 0.3) is 10.2 Å². The Labute approximate surface area is 177 Å². The largest absolute Gasteiger partial charge is 0.279 e. The summed E-state index contributed by atoms with van der Waals surface area (Å²) in [6, 6.07) is 20.7. The fourth-order valence-corrected chi connectivity index (χ4v) is 4.37. The van der Waals surface area contributed by atoms with Crippen molar-refractivity contribution in [3.8, 4) is 0 Å². The van der Waals surface area contributed by atoms with Crippen LogP contribution in [0.3, 0.4) is 0 Å². The van der Waals surface area contributed by atoms with Crippen molar-refractivity contribution in [3.63, 3.8) is 0 Å². The minimum Gasteiger partial charge on any atom is -0.279 e. The van der Waals surface area contributed by atoms with Crippen LogP contribution in [0.1, 0.15) is 21.5 Å². The number of carbonyl (C=O) groups excluding carboxylic acids is 1. The zero-order valence-corrected chi connectivity index (χ0v) is 17.4. The summed E-state index contributed by atoms with van der Waals surface area (Å²) in [5.74, 6) is -0.183. The third-order valence-corrected chi connectivity index (χ3v) is 6.28. The fraction of sp³-hybridized carbons (Fsp3) is 0.0909. The highest BCUT2D eigenvalue weighted by Crippen LogP contribution is 2.35. The van der Waals surface area contributed by atoms with Crippen LogP contribution in [0.15, 0.2) is 66.7 Å². The molecule has 0 bridgehead atoms. The van der Waals surface area contributed by atoms with Crippen LogP contribution >= 0.6 is 34.5 Å². The lowest BCUT2D eigenvalue weighted by atomic mass is 10.1. The molecule has 0 aliphatic heterocycles. The zero-order valence-electron chi connectivity index (χ0n) is 15.0. The molecule has 1 aromatic heterocycles. The van der Waals surface area contributed by atoms with Gasteiger partial charge in [-0.2, -0.15) is 0 Å². The summed E-state index contributed by atoms with van der Waals surface area (Å²) in [5.41, 5.74) is 3.19. The summed E-state index contributed by atoms with van der Waals surface area (Å²) in [6.07, 6.45) is 0. The van der Waals surface area contributed by atoms with Gasteiger partial charge in [0.15, 0.2) is 5.13 Å². The number of thiazole rings is 1. The first-order chi connectivity index (χ1) is 13.5. The molecule has 0 unspecified atom stereocenters. The monoisotopic (exact) mass is 426 g/mol. The molecule has 28 heavy (non-hydrogen) atoms. The molecule has 0 aliphatic carbocycles. The molecule has 0 N–H and O–H groups in total. The molecule has 140 valence electrons. The van der Waals surface area contributed by atoms with Gasteiger partial charge in [-0.1, -0.05) is 77.0 Å². The maximum Gasteiger partial charge on any atom is 0.261 e. The maximum absolute atomic E-state index is 13.4. The number of aryl methyl sites for hydroxylation is 1. The number of rotatable bonds is 4. The molecule has 3 nitrogen and oxygen atoms in total. The highest BCUT2D eigenvalue weighted by atomic mass is 35.5. The first-order valence-corrected chi connectivity index (χ1v) is 10.3. The first-order valence-electron chi connectivity index (χ1n) is 8.70. The molecule has 0 aliphatic rings. The van der Waals surface area contributed by atoms with Gasteiger partial charge in [0.25, 0.3) is 5.91 Å². The third-order valence-electron chi connectivity index (χ3n) is 4.50. The normalized spacial score (nSPS) is 11.0. The van der Waals surface area contributed by atoms with Gasteiger partial charge in [0.05, 0.1) is 27.3 Å². The van der Waals surface area contributed by atoms with E-state index >= 15 is 0 Å². The van der Waals surface area contributed by atoms with E-state index in [1.807, 2.05) is 61.5 Å². The van der Waals surface area contributed by atoms with Gasteiger partial charge in [-0.05, 0) is 42.3 Å². The third kappa shape index (κ3) is 3.63. The van der Waals surface area contributed by atoms with Crippen LogP contribution in [0.2, 0.25) is 10.0 Å². The first kappa shape index (κ1) is 18.9. The second-order valence-corrected chi connectivity index (χ2v) is 8.20. The summed E-state index contributed by atoms with van der Waals surface area (Å²) in [5, 5.41) is 1.71. The maximum atomic E-state index is 13.4. The van der Waals surface area contributed by atoms with Crippen LogP contribution in [-0.4, -0.2) is 10.9 Å². The van der Waals surface area contributed by atoms with Gasteiger partial charge < -0.3 is 0 Å². The molecule has 4 rings (SSSR count). The van der Waals surface area contributed by atoms with Crippen molar-refractivity contribution in [1.29, 1.82) is 0 Å². The van der Waals surface area contributed by atoms with Crippen LogP contribution in [0, 0.1) is 6.92 Å². The number of nitrogens with zero attached hydrogens (tertiary/aromatic N) is 2. The smallest absolute Gasteiger partial charge is 0.261 e. The highest BCUT2D eigenvalue weighted by Gasteiger charge is 2.24. The number of carbonyl (C=O) groups is 1. The molecule has 3 aromatic carbocycles. The number of fused-ring (bicyclic) bond motifs is 1. The highest BCUT2D eigenvalue weighted by molar-refractivity contribution is 7.22. The second-order valence-electron chi connectivity index (χ2n) is 6.37. The lowest BCUT2D eigenvalue weighted by Crippen LogP contribution is -2.30. The number of anilines is 1. The van der Waals surface area contributed by atoms with Crippen molar-refractivity contribution in [2.24, 2.45) is 0 Å². The van der Waals surface area contributed by atoms with Crippen LogP contribution in [-0.2, 0) is 6.54 Å². The molecular weight excluding hydrogens is 411 g/mol. The van der Waals surface area contributed by atoms with Gasteiger partial charge in [0.2, 0.25) is 0 Å². The Morgan fingerprint density at radius 1 is 0.964 bits per heavy atom. The van der Waals surface area contributed by atoms with Crippen molar-refractivity contribution in [2.75, 3.05) is 4.90 Å². The molecule has 0 spiro atoms. The molecule has 4 aromatic rings. The summed E-state index contributed by atoms with van der Waals surface area (Å²) in [4.78, 5) is 19.8. The SMILES string of the molecule is Cc1c(Cl)ccc2sc(N(Cc3ccccc3)C(=O)c3ccccc3Cl)nc12. The van der Waals surface area contributed by atoms with E-state index in [0.29, 0.717) is 27.3 Å². The van der Waals surface area contributed by atoms with E-state index in [9.17, 15) is 4.79 Å². The molecule has 0 saturated heterocycles. The van der Waals surface area contributed by atoms with Crippen LogP contribution in [0.5, 0.6) is 0 Å². The van der Waals surface area contributed by atoms with E-state index in [4.69, 9.17) is 28.2 Å². The van der Waals surface area contributed by atoms with E-state index in [0.717, 1.165) is 21.3 Å². The Hall–Kier alpha value is -2.40. The molecule has 0 saturated carbocycles. The zero-order chi connectivity index (χ0) is 19.7. The summed E-state index contributed by atoms with van der Waals surface area (Å²) < 4.78 is 0.988. The Morgan fingerprint density at radius 3 is 2.43 bits per heavy atom. The van der Waals surface area contributed by atoms with Crippen molar-refractivity contribution in [1.82, 2.24) is 4.98 Å². The van der Waals surface area contributed by atoms with Gasteiger partial charge in [-0.25, -0.2) is 4.98 Å². The predicted octanol–water partition coefficient (Wildman–Crippen LogP) is 6.76. The molecule has 6 heteroatoms. The number of amides is 1. The van der Waals surface area contributed by atoms with Crippen LogP contribution < -0.4 is 4.90 Å². The standard InChI is InChI=1S/C22H16Cl2N2OS/c1-14-17(23)11-12-19-20(14)25-22(28-19)26(13-15-7-3-2-4-8-15)21(27)16-9-5-6-10-18(16)24/h2-12H,13H2,1H3. The van der Waals surface area contributed by atoms with Crippen LogP contribution in [0.4, 0.5) is 5.13 Å². The van der Waals surface area contributed by atoms with Crippen molar-refractivity contribution in [3.05, 3.63) is 93.5 Å². The van der Waals surface area contributed by atoms with Gasteiger partial charge in [-0.3, -0.25) is 9.69 Å². The number of halogens is 2. The quantitative estimate of drug-likeness (QED) is 0.361. The Balaban J connectivity index is 1.82. The van der Waals surface area contributed by atoms with Crippen molar-refractivity contribution >= 4 is 55.8 Å². The Kier molecular flexibility index (Phi) is 5.36. The topological polar surface area (TPSA) is 33.2 Å². The molecule has 0 atom stereocenters. The number of hydrogen-bond acceptors (Lipinski definition) is 3. The average Bonchev–Trinajstić information content (AvgIpc) is 3.14. The minimum absolute atomic E-state index is 0.183. The molecular formula is C22H16Cl2N2OS. The average molecular weight is 427 g/mol. The molecule has 0 radical (unpaired) electrons. The number of hydrogen-bond donors (Lipinski definition) is 0.